The molecule has 0 bridgehead atoms. The number of rotatable bonds is 3. The molecule has 0 saturated heterocycles. The molecule has 0 heterocycles. The van der Waals surface area contributed by atoms with Gasteiger partial charge in [-0.2, -0.15) is 8.42 Å². The van der Waals surface area contributed by atoms with Crippen LogP contribution >= 0.6 is 0 Å². The Morgan fingerprint density at radius 2 is 1.71 bits per heavy atom. The van der Waals surface area contributed by atoms with Crippen molar-refractivity contribution in [3.05, 3.63) is 35.9 Å². The van der Waals surface area contributed by atoms with Gasteiger partial charge in [-0.3, -0.25) is 9.35 Å². The minimum Gasteiger partial charge on any atom is -0.480 e. The van der Waals surface area contributed by atoms with E-state index >= 15 is 0 Å². The normalized spacial score (nSPS) is 13.5. The molecule has 0 aromatic heterocycles. The first-order chi connectivity index (χ1) is 6.43. The number of carboxylic acids is 1. The summed E-state index contributed by atoms with van der Waals surface area (Å²) in [5.74, 6) is -1.60. The smallest absolute Gasteiger partial charge is 0.329 e. The Morgan fingerprint density at radius 3 is 2.07 bits per heavy atom. The zero-order chi connectivity index (χ0) is 10.8. The van der Waals surface area contributed by atoms with Crippen molar-refractivity contribution >= 4 is 16.1 Å². The SMILES string of the molecule is O=C(O)[C@@H](c1ccccc1)S(=O)(=O)O. The molecule has 1 aromatic rings. The third kappa shape index (κ3) is 2.30. The summed E-state index contributed by atoms with van der Waals surface area (Å²) in [5.41, 5.74) is 0.0301. The quantitative estimate of drug-likeness (QED) is 0.725. The summed E-state index contributed by atoms with van der Waals surface area (Å²) in [5, 5.41) is 6.71. The number of benzene rings is 1. The van der Waals surface area contributed by atoms with Gasteiger partial charge in [0.15, 0.2) is 0 Å². The predicted octanol–water partition coefficient (Wildman–Crippen LogP) is 0.700. The van der Waals surface area contributed by atoms with Gasteiger partial charge in [0.05, 0.1) is 0 Å². The van der Waals surface area contributed by atoms with Crippen molar-refractivity contribution in [1.29, 1.82) is 0 Å². The van der Waals surface area contributed by atoms with E-state index < -0.39 is 21.3 Å². The third-order valence-corrected chi connectivity index (χ3v) is 2.69. The molecule has 0 spiro atoms. The summed E-state index contributed by atoms with van der Waals surface area (Å²) in [4.78, 5) is 10.6. The van der Waals surface area contributed by atoms with Crippen molar-refractivity contribution in [3.63, 3.8) is 0 Å². The van der Waals surface area contributed by atoms with Crippen LogP contribution < -0.4 is 0 Å². The van der Waals surface area contributed by atoms with Gasteiger partial charge in [0.1, 0.15) is 0 Å². The first-order valence-corrected chi connectivity index (χ1v) is 5.17. The molecule has 0 unspecified atom stereocenters. The molecule has 0 aliphatic heterocycles. The lowest BCUT2D eigenvalue weighted by molar-refractivity contribution is -0.136. The molecule has 1 atom stereocenters. The zero-order valence-corrected chi connectivity index (χ0v) is 7.81. The second-order valence-electron chi connectivity index (χ2n) is 2.64. The van der Waals surface area contributed by atoms with E-state index in [9.17, 15) is 13.2 Å². The third-order valence-electron chi connectivity index (χ3n) is 1.62. The number of carbonyl (C=O) groups is 1. The van der Waals surface area contributed by atoms with Crippen LogP contribution in [0, 0.1) is 0 Å². The summed E-state index contributed by atoms with van der Waals surface area (Å²) >= 11 is 0. The molecule has 14 heavy (non-hydrogen) atoms. The molecule has 1 rings (SSSR count). The maximum atomic E-state index is 10.7. The van der Waals surface area contributed by atoms with Gasteiger partial charge in [0.25, 0.3) is 10.1 Å². The summed E-state index contributed by atoms with van der Waals surface area (Å²) < 4.78 is 30.2. The van der Waals surface area contributed by atoms with Gasteiger partial charge in [-0.05, 0) is 5.56 Å². The molecule has 0 fully saturated rings. The predicted molar refractivity (Wildman–Crippen MR) is 48.4 cm³/mol. The lowest BCUT2D eigenvalue weighted by atomic mass is 10.1. The van der Waals surface area contributed by atoms with Crippen molar-refractivity contribution in [2.45, 2.75) is 5.25 Å². The van der Waals surface area contributed by atoms with E-state index in [1.54, 1.807) is 6.07 Å². The molecule has 0 aliphatic rings. The highest BCUT2D eigenvalue weighted by Gasteiger charge is 2.32. The molecule has 0 saturated carbocycles. The van der Waals surface area contributed by atoms with Gasteiger partial charge in [0, 0.05) is 0 Å². The maximum Gasteiger partial charge on any atom is 0.329 e. The van der Waals surface area contributed by atoms with E-state index in [4.69, 9.17) is 9.66 Å². The fraction of sp³-hybridized carbons (Fsp3) is 0.125. The van der Waals surface area contributed by atoms with Crippen LogP contribution in [0.15, 0.2) is 30.3 Å². The van der Waals surface area contributed by atoms with E-state index in [0.717, 1.165) is 0 Å². The second-order valence-corrected chi connectivity index (χ2v) is 4.15. The maximum absolute atomic E-state index is 10.7. The molecule has 0 aliphatic carbocycles. The van der Waals surface area contributed by atoms with Gasteiger partial charge in [-0.25, -0.2) is 0 Å². The van der Waals surface area contributed by atoms with Crippen molar-refractivity contribution in [2.75, 3.05) is 0 Å². The second kappa shape index (κ2) is 3.77. The van der Waals surface area contributed by atoms with Crippen molar-refractivity contribution in [3.8, 4) is 0 Å². The Balaban J connectivity index is 3.22. The van der Waals surface area contributed by atoms with E-state index in [2.05, 4.69) is 0 Å². The highest BCUT2D eigenvalue weighted by molar-refractivity contribution is 7.86. The summed E-state index contributed by atoms with van der Waals surface area (Å²) in [6, 6.07) is 7.26. The molecule has 0 amide bonds. The van der Waals surface area contributed by atoms with Gasteiger partial charge < -0.3 is 5.11 Å². The fourth-order valence-corrected chi connectivity index (χ4v) is 1.83. The average molecular weight is 216 g/mol. The largest absolute Gasteiger partial charge is 0.480 e. The topological polar surface area (TPSA) is 91.7 Å². The number of hydrogen-bond acceptors (Lipinski definition) is 3. The Bertz CT molecular complexity index is 422. The van der Waals surface area contributed by atoms with Crippen LogP contribution in [0.5, 0.6) is 0 Å². The van der Waals surface area contributed by atoms with Crippen LogP contribution in [0.25, 0.3) is 0 Å². The zero-order valence-electron chi connectivity index (χ0n) is 6.99. The Labute approximate surface area is 80.7 Å². The molecule has 76 valence electrons. The van der Waals surface area contributed by atoms with Crippen LogP contribution in [0.2, 0.25) is 0 Å². The molecular formula is C8H8O5S. The van der Waals surface area contributed by atoms with Crippen LogP contribution in [0.3, 0.4) is 0 Å². The van der Waals surface area contributed by atoms with Crippen LogP contribution in [-0.2, 0) is 14.9 Å². The van der Waals surface area contributed by atoms with Gasteiger partial charge in [-0.15, -0.1) is 0 Å². The first-order valence-electron chi connectivity index (χ1n) is 3.67. The highest BCUT2D eigenvalue weighted by atomic mass is 32.2. The monoisotopic (exact) mass is 216 g/mol. The standard InChI is InChI=1S/C8H8O5S/c9-8(10)7(14(11,12)13)6-4-2-1-3-5-6/h1-5,7H,(H,9,10)(H,11,12,13)/t7-/m1/s1. The number of aliphatic carboxylic acids is 1. The van der Waals surface area contributed by atoms with Crippen molar-refractivity contribution < 1.29 is 22.9 Å². The van der Waals surface area contributed by atoms with Gasteiger partial charge in [-0.1, -0.05) is 30.3 Å². The van der Waals surface area contributed by atoms with Gasteiger partial charge >= 0.3 is 5.97 Å². The molecular weight excluding hydrogens is 208 g/mol. The summed E-state index contributed by atoms with van der Waals surface area (Å²) in [6.07, 6.45) is 0. The average Bonchev–Trinajstić information content (AvgIpc) is 2.02. The summed E-state index contributed by atoms with van der Waals surface area (Å²) in [7, 11) is -4.62. The van der Waals surface area contributed by atoms with Crippen molar-refractivity contribution in [1.82, 2.24) is 0 Å². The molecule has 1 aromatic carbocycles. The highest BCUT2D eigenvalue weighted by Crippen LogP contribution is 2.20. The minimum absolute atomic E-state index is 0.0301. The van der Waals surface area contributed by atoms with Gasteiger partial charge in [0.2, 0.25) is 5.25 Å². The Kier molecular flexibility index (Phi) is 2.87. The Hall–Kier alpha value is -1.40. The van der Waals surface area contributed by atoms with Crippen LogP contribution in [-0.4, -0.2) is 24.0 Å². The first kappa shape index (κ1) is 10.7. The van der Waals surface area contributed by atoms with E-state index in [1.165, 1.54) is 24.3 Å². The van der Waals surface area contributed by atoms with Crippen molar-refractivity contribution in [2.24, 2.45) is 0 Å². The van der Waals surface area contributed by atoms with Crippen LogP contribution in [0.4, 0.5) is 0 Å². The lowest BCUT2D eigenvalue weighted by Gasteiger charge is -2.08. The summed E-state index contributed by atoms with van der Waals surface area (Å²) in [6.45, 7) is 0. The fourth-order valence-electron chi connectivity index (χ4n) is 1.07. The molecule has 6 heteroatoms. The van der Waals surface area contributed by atoms with E-state index in [1.807, 2.05) is 0 Å². The number of carboxylic acid groups (broad SMARTS) is 1. The molecule has 2 N–H and O–H groups in total. The van der Waals surface area contributed by atoms with E-state index in [-0.39, 0.29) is 5.56 Å². The molecule has 0 radical (unpaired) electrons. The minimum atomic E-state index is -4.62. The number of hydrogen-bond donors (Lipinski definition) is 2. The lowest BCUT2D eigenvalue weighted by Crippen LogP contribution is -2.21. The van der Waals surface area contributed by atoms with Crippen LogP contribution in [0.1, 0.15) is 10.8 Å². The molecule has 5 nitrogen and oxygen atoms in total. The Morgan fingerprint density at radius 1 is 1.21 bits per heavy atom. The van der Waals surface area contributed by atoms with E-state index in [0.29, 0.717) is 0 Å².